The van der Waals surface area contributed by atoms with Gasteiger partial charge < -0.3 is 9.88 Å². The number of azo groups is 1. The van der Waals surface area contributed by atoms with Crippen LogP contribution in [-0.4, -0.2) is 28.0 Å². The van der Waals surface area contributed by atoms with E-state index in [1.807, 2.05) is 31.7 Å². The molecule has 1 unspecified atom stereocenters. The van der Waals surface area contributed by atoms with Crippen LogP contribution >= 0.6 is 0 Å². The number of alkyl halides is 2. The number of rotatable bonds is 11. The maximum atomic E-state index is 13.1. The molecule has 1 aromatic heterocycles. The van der Waals surface area contributed by atoms with Gasteiger partial charge in [-0.25, -0.2) is 4.21 Å². The Morgan fingerprint density at radius 2 is 1.91 bits per heavy atom. The molecule has 0 spiro atoms. The quantitative estimate of drug-likeness (QED) is 0.372. The number of aromatic nitrogens is 1. The van der Waals surface area contributed by atoms with Gasteiger partial charge in [-0.2, -0.15) is 18.4 Å². The Hall–Kier alpha value is -2.91. The monoisotopic (exact) mass is 470 g/mol. The minimum Gasteiger partial charge on any atom is -0.372 e. The van der Waals surface area contributed by atoms with Crippen LogP contribution in [0.3, 0.4) is 0 Å². The molecule has 1 aromatic carbocycles. The molecular weight excluding hydrogens is 445 g/mol. The van der Waals surface area contributed by atoms with E-state index in [4.69, 9.17) is 0 Å². The molecule has 0 fully saturated rings. The van der Waals surface area contributed by atoms with Crippen molar-refractivity contribution in [3.05, 3.63) is 35.5 Å². The topological polar surface area (TPSA) is 106 Å². The van der Waals surface area contributed by atoms with E-state index in [1.165, 1.54) is 12.1 Å². The number of nitriles is 1. The summed E-state index contributed by atoms with van der Waals surface area (Å²) in [6.45, 7) is 7.04. The molecule has 174 valence electrons. The highest BCUT2D eigenvalue weighted by molar-refractivity contribution is 7.89. The first-order chi connectivity index (χ1) is 15.3. The zero-order chi connectivity index (χ0) is 23.7. The molecule has 0 aliphatic rings. The van der Waals surface area contributed by atoms with Gasteiger partial charge >= 0.3 is 5.76 Å². The Labute approximate surface area is 185 Å². The van der Waals surface area contributed by atoms with E-state index in [-0.39, 0.29) is 22.8 Å². The molecule has 0 bridgehead atoms. The number of hydrogen-bond donors (Lipinski definition) is 1. The third kappa shape index (κ3) is 6.08. The smallest absolute Gasteiger partial charge is 0.345 e. The zero-order valence-electron chi connectivity index (χ0n) is 18.0. The fourth-order valence-corrected chi connectivity index (χ4v) is 3.52. The molecule has 2 rings (SSSR count). The second kappa shape index (κ2) is 11.6. The van der Waals surface area contributed by atoms with Gasteiger partial charge in [0.2, 0.25) is 0 Å². The number of benzene rings is 1. The summed E-state index contributed by atoms with van der Waals surface area (Å²) in [7, 11) is -4.93. The first-order valence-corrected chi connectivity index (χ1v) is 11.6. The molecule has 0 amide bonds. The summed E-state index contributed by atoms with van der Waals surface area (Å²) in [5.41, 5.74) is 1.34. The third-order valence-corrected chi connectivity index (χ3v) is 5.74. The number of hydrogen-bond acceptors (Lipinski definition) is 7. The molecule has 0 saturated heterocycles. The summed E-state index contributed by atoms with van der Waals surface area (Å²) in [6.07, 6.45) is 2.62. The maximum absolute atomic E-state index is 13.1. The van der Waals surface area contributed by atoms with Crippen LogP contribution in [0.2, 0.25) is 0 Å². The van der Waals surface area contributed by atoms with Crippen LogP contribution in [0.25, 0.3) is 0 Å². The van der Waals surface area contributed by atoms with Gasteiger partial charge in [-0.15, -0.1) is 10.2 Å². The lowest BCUT2D eigenvalue weighted by Crippen LogP contribution is -2.21. The van der Waals surface area contributed by atoms with E-state index in [0.29, 0.717) is 18.8 Å². The van der Waals surface area contributed by atoms with Gasteiger partial charge in [-0.05, 0) is 55.5 Å². The Bertz CT molecular complexity index is 1100. The molecule has 0 aliphatic heterocycles. The lowest BCUT2D eigenvalue weighted by molar-refractivity contribution is -0.000950. The van der Waals surface area contributed by atoms with Crippen molar-refractivity contribution >= 4 is 32.9 Å². The second-order valence-electron chi connectivity index (χ2n) is 6.75. The lowest BCUT2D eigenvalue weighted by Gasteiger charge is -2.21. The van der Waals surface area contributed by atoms with Crippen LogP contribution in [0.4, 0.5) is 36.2 Å². The van der Waals surface area contributed by atoms with Gasteiger partial charge in [-0.1, -0.05) is 17.7 Å². The summed E-state index contributed by atoms with van der Waals surface area (Å²) in [6, 6.07) is 8.13. The third-order valence-electron chi connectivity index (χ3n) is 4.66. The van der Waals surface area contributed by atoms with Crippen LogP contribution in [0, 0.1) is 11.3 Å². The van der Waals surface area contributed by atoms with Crippen molar-refractivity contribution in [2.75, 3.05) is 18.0 Å². The van der Waals surface area contributed by atoms with Crippen LogP contribution < -0.4 is 4.90 Å². The standard InChI is InChI=1S/C20H25F3N6O2S/c1-4-7-8-15-11-14(13-24)19(25-15)27-26-17-10-9-16(29(5-2)6-3)12-18(17)28-32(30,31-23)20(21)22/h9-12,20,25H,4-8H2,1-3H3. The van der Waals surface area contributed by atoms with Gasteiger partial charge in [-0.3, -0.25) is 0 Å². The lowest BCUT2D eigenvalue weighted by atomic mass is 10.2. The Morgan fingerprint density at radius 3 is 2.47 bits per heavy atom. The normalized spacial score (nSPS) is 13.3. The zero-order valence-corrected chi connectivity index (χ0v) is 18.8. The van der Waals surface area contributed by atoms with E-state index in [2.05, 4.69) is 24.0 Å². The number of anilines is 1. The highest BCUT2D eigenvalue weighted by Crippen LogP contribution is 2.36. The van der Waals surface area contributed by atoms with E-state index in [9.17, 15) is 22.8 Å². The molecule has 8 nitrogen and oxygen atoms in total. The first-order valence-electron chi connectivity index (χ1n) is 10.1. The first kappa shape index (κ1) is 25.4. The van der Waals surface area contributed by atoms with Gasteiger partial charge in [0.1, 0.15) is 17.4 Å². The largest absolute Gasteiger partial charge is 0.372 e. The fourth-order valence-electron chi connectivity index (χ4n) is 2.94. The molecule has 2 aromatic rings. The van der Waals surface area contributed by atoms with Gasteiger partial charge in [0.15, 0.2) is 5.82 Å². The highest BCUT2D eigenvalue weighted by atomic mass is 32.2. The Balaban J connectivity index is 2.56. The molecule has 0 aliphatic carbocycles. The van der Waals surface area contributed by atoms with Gasteiger partial charge in [0.25, 0.3) is 10.0 Å². The van der Waals surface area contributed by atoms with E-state index in [1.54, 1.807) is 12.1 Å². The second-order valence-corrected chi connectivity index (χ2v) is 8.44. The van der Waals surface area contributed by atoms with Crippen molar-refractivity contribution in [2.24, 2.45) is 14.6 Å². The van der Waals surface area contributed by atoms with Crippen molar-refractivity contribution < 1.29 is 21.9 Å². The number of unbranched alkanes of at least 4 members (excludes halogenated alkanes) is 1. The average molecular weight is 471 g/mol. The predicted octanol–water partition coefficient (Wildman–Crippen LogP) is 6.63. The molecule has 1 atom stereocenters. The number of halogens is 3. The molecule has 32 heavy (non-hydrogen) atoms. The van der Waals surface area contributed by atoms with Gasteiger partial charge in [0.05, 0.1) is 5.56 Å². The number of nitrogens with zero attached hydrogens (tertiary/aromatic N) is 5. The predicted molar refractivity (Wildman–Crippen MR) is 117 cm³/mol. The van der Waals surface area contributed by atoms with Crippen molar-refractivity contribution in [1.82, 2.24) is 4.98 Å². The van der Waals surface area contributed by atoms with Crippen LogP contribution in [0.15, 0.2) is 38.9 Å². The summed E-state index contributed by atoms with van der Waals surface area (Å²) in [4.78, 5) is 4.89. The van der Waals surface area contributed by atoms with Crippen LogP contribution in [0.5, 0.6) is 0 Å². The molecule has 1 N–H and O–H groups in total. The molecular formula is C20H25F3N6O2S. The van der Waals surface area contributed by atoms with E-state index < -0.39 is 15.8 Å². The summed E-state index contributed by atoms with van der Waals surface area (Å²) in [5.74, 6) is -3.49. The number of nitrogens with one attached hydrogen (secondary N) is 1. The van der Waals surface area contributed by atoms with Crippen molar-refractivity contribution in [3.63, 3.8) is 0 Å². The maximum Gasteiger partial charge on any atom is 0.345 e. The fraction of sp³-hybridized carbons (Fsp3) is 0.450. The average Bonchev–Trinajstić information content (AvgIpc) is 3.19. The van der Waals surface area contributed by atoms with Crippen LogP contribution in [-0.2, 0) is 20.8 Å². The van der Waals surface area contributed by atoms with Crippen molar-refractivity contribution in [3.8, 4) is 6.07 Å². The highest BCUT2D eigenvalue weighted by Gasteiger charge is 2.25. The number of aryl methyl sites for hydroxylation is 1. The Kier molecular flexibility index (Phi) is 9.22. The summed E-state index contributed by atoms with van der Waals surface area (Å²) < 4.78 is 57.3. The number of H-pyrrole nitrogens is 1. The van der Waals surface area contributed by atoms with Crippen LogP contribution in [0.1, 0.15) is 44.9 Å². The molecule has 0 saturated carbocycles. The SMILES string of the molecule is CCCCc1cc(C#N)c(N=Nc2ccc(N(CC)CC)cc2N=S(=O)(OF)C(F)F)[nH]1. The minimum absolute atomic E-state index is 0.0417. The van der Waals surface area contributed by atoms with E-state index in [0.717, 1.165) is 25.0 Å². The van der Waals surface area contributed by atoms with Crippen molar-refractivity contribution in [2.45, 2.75) is 45.8 Å². The van der Waals surface area contributed by atoms with Gasteiger partial charge in [0, 0.05) is 24.5 Å². The molecule has 0 radical (unpaired) electrons. The van der Waals surface area contributed by atoms with Crippen molar-refractivity contribution in [1.29, 1.82) is 5.26 Å². The minimum atomic E-state index is -4.93. The van der Waals surface area contributed by atoms with E-state index >= 15 is 0 Å². The summed E-state index contributed by atoms with van der Waals surface area (Å²) >= 11 is 0. The molecule has 12 heteroatoms. The summed E-state index contributed by atoms with van der Waals surface area (Å²) in [5, 5.41) is 17.3. The Morgan fingerprint density at radius 1 is 1.19 bits per heavy atom. The number of aromatic amines is 1. The molecule has 1 heterocycles.